The molecule has 4 rings (SSSR count). The Balaban J connectivity index is 1.65. The van der Waals surface area contributed by atoms with Crippen molar-refractivity contribution in [3.05, 3.63) is 51.2 Å². The average Bonchev–Trinajstić information content (AvgIpc) is 3.10. The summed E-state index contributed by atoms with van der Waals surface area (Å²) in [6, 6.07) is 7.55. The quantitative estimate of drug-likeness (QED) is 0.529. The molecule has 0 radical (unpaired) electrons. The van der Waals surface area contributed by atoms with Crippen molar-refractivity contribution in [1.29, 1.82) is 0 Å². The Morgan fingerprint density at radius 3 is 2.59 bits per heavy atom. The summed E-state index contributed by atoms with van der Waals surface area (Å²) in [5, 5.41) is 6.30. The van der Waals surface area contributed by atoms with Crippen molar-refractivity contribution in [3.63, 3.8) is 0 Å². The molecule has 3 heterocycles. The van der Waals surface area contributed by atoms with Gasteiger partial charge in [0.15, 0.2) is 17.0 Å². The number of alkyl halides is 3. The van der Waals surface area contributed by atoms with Gasteiger partial charge in [0.25, 0.3) is 5.91 Å². The number of amides is 1. The van der Waals surface area contributed by atoms with Crippen molar-refractivity contribution in [1.82, 2.24) is 19.9 Å². The fourth-order valence-corrected chi connectivity index (χ4v) is 3.96. The van der Waals surface area contributed by atoms with E-state index in [0.717, 1.165) is 23.6 Å². The zero-order valence-electron chi connectivity index (χ0n) is 16.7. The molecule has 32 heavy (non-hydrogen) atoms. The van der Waals surface area contributed by atoms with Crippen molar-refractivity contribution in [2.45, 2.75) is 6.18 Å². The van der Waals surface area contributed by atoms with Gasteiger partial charge in [0.05, 0.1) is 32.0 Å². The van der Waals surface area contributed by atoms with Gasteiger partial charge in [0.2, 0.25) is 0 Å². The van der Waals surface area contributed by atoms with Crippen LogP contribution in [-0.4, -0.2) is 59.9 Å². The largest absolute Gasteiger partial charge is 0.433 e. The van der Waals surface area contributed by atoms with E-state index in [9.17, 15) is 18.0 Å². The lowest BCUT2D eigenvalue weighted by atomic mass is 10.1. The Bertz CT molecular complexity index is 1130. The molecular weight excluding hydrogens is 515 g/mol. The van der Waals surface area contributed by atoms with Crippen molar-refractivity contribution in [2.75, 3.05) is 39.4 Å². The summed E-state index contributed by atoms with van der Waals surface area (Å²) in [4.78, 5) is 18.1. The SMILES string of the molecule is O=C(NCC[NH+]1CCOCC1)c1nn2c(C(F)(F)F)cc(-c3ccc(Br)cc3)nc2c1Cl. The van der Waals surface area contributed by atoms with Gasteiger partial charge < -0.3 is 15.0 Å². The van der Waals surface area contributed by atoms with E-state index in [2.05, 4.69) is 31.3 Å². The van der Waals surface area contributed by atoms with Crippen LogP contribution in [0, 0.1) is 0 Å². The van der Waals surface area contributed by atoms with Crippen LogP contribution in [-0.2, 0) is 10.9 Å². The second-order valence-corrected chi connectivity index (χ2v) is 8.59. The van der Waals surface area contributed by atoms with Crippen LogP contribution in [0.4, 0.5) is 13.2 Å². The van der Waals surface area contributed by atoms with Gasteiger partial charge >= 0.3 is 6.18 Å². The predicted octanol–water partition coefficient (Wildman–Crippen LogP) is 2.48. The summed E-state index contributed by atoms with van der Waals surface area (Å²) in [7, 11) is 0. The summed E-state index contributed by atoms with van der Waals surface area (Å²) in [6.45, 7) is 4.00. The number of hydrogen-bond acceptors (Lipinski definition) is 4. The van der Waals surface area contributed by atoms with Crippen molar-refractivity contribution in [3.8, 4) is 11.3 Å². The summed E-state index contributed by atoms with van der Waals surface area (Å²) in [5.74, 6) is -0.647. The molecule has 0 spiro atoms. The minimum atomic E-state index is -4.73. The molecule has 1 aliphatic rings. The number of hydrogen-bond donors (Lipinski definition) is 2. The third-order valence-corrected chi connectivity index (χ3v) is 6.02. The summed E-state index contributed by atoms with van der Waals surface area (Å²) < 4.78 is 48.0. The molecule has 2 aromatic heterocycles. The van der Waals surface area contributed by atoms with E-state index in [0.29, 0.717) is 36.4 Å². The molecule has 0 bridgehead atoms. The zero-order chi connectivity index (χ0) is 22.9. The van der Waals surface area contributed by atoms with E-state index in [4.69, 9.17) is 16.3 Å². The van der Waals surface area contributed by atoms with Gasteiger partial charge in [-0.15, -0.1) is 0 Å². The van der Waals surface area contributed by atoms with E-state index in [1.807, 2.05) is 0 Å². The average molecular weight is 534 g/mol. The molecule has 1 amide bonds. The van der Waals surface area contributed by atoms with Crippen LogP contribution in [0.25, 0.3) is 16.9 Å². The number of rotatable bonds is 5. The highest BCUT2D eigenvalue weighted by molar-refractivity contribution is 9.10. The molecule has 0 saturated carbocycles. The minimum absolute atomic E-state index is 0.0713. The van der Waals surface area contributed by atoms with Crippen LogP contribution in [0.5, 0.6) is 0 Å². The molecule has 1 saturated heterocycles. The standard InChI is InChI=1S/C20H18BrClF3N5O2/c21-13-3-1-12(2-4-13)14-11-15(20(23,24)25)30-18(27-14)16(22)17(28-30)19(31)26-5-6-29-7-9-32-10-8-29/h1-4,11H,5-10H2,(H,26,31)/p+1. The highest BCUT2D eigenvalue weighted by Gasteiger charge is 2.36. The number of benzene rings is 1. The van der Waals surface area contributed by atoms with Crippen LogP contribution in [0.15, 0.2) is 34.8 Å². The fraction of sp³-hybridized carbons (Fsp3) is 0.350. The van der Waals surface area contributed by atoms with E-state index in [1.165, 1.54) is 4.90 Å². The molecule has 1 aromatic carbocycles. The molecule has 2 N–H and O–H groups in total. The van der Waals surface area contributed by atoms with E-state index >= 15 is 0 Å². The molecule has 170 valence electrons. The highest BCUT2D eigenvalue weighted by atomic mass is 79.9. The maximum Gasteiger partial charge on any atom is 0.433 e. The molecule has 7 nitrogen and oxygen atoms in total. The molecule has 0 atom stereocenters. The van der Waals surface area contributed by atoms with Gasteiger partial charge in [-0.25, -0.2) is 9.50 Å². The van der Waals surface area contributed by atoms with Crippen LogP contribution >= 0.6 is 27.5 Å². The first-order valence-electron chi connectivity index (χ1n) is 9.86. The van der Waals surface area contributed by atoms with Gasteiger partial charge in [0, 0.05) is 10.0 Å². The Morgan fingerprint density at radius 1 is 1.25 bits per heavy atom. The molecule has 1 aliphatic heterocycles. The molecule has 12 heteroatoms. The van der Waals surface area contributed by atoms with E-state index in [-0.39, 0.29) is 22.1 Å². The number of nitrogens with zero attached hydrogens (tertiary/aromatic N) is 3. The zero-order valence-corrected chi connectivity index (χ0v) is 19.0. The lowest BCUT2D eigenvalue weighted by Gasteiger charge is -2.23. The third kappa shape index (κ3) is 4.90. The lowest BCUT2D eigenvalue weighted by molar-refractivity contribution is -0.906. The van der Waals surface area contributed by atoms with Gasteiger partial charge in [-0.3, -0.25) is 4.79 Å². The van der Waals surface area contributed by atoms with Crippen LogP contribution in [0.1, 0.15) is 16.2 Å². The van der Waals surface area contributed by atoms with E-state index < -0.39 is 17.8 Å². The molecule has 0 aliphatic carbocycles. The fourth-order valence-electron chi connectivity index (χ4n) is 3.45. The van der Waals surface area contributed by atoms with E-state index in [1.54, 1.807) is 24.3 Å². The maximum atomic E-state index is 13.8. The highest BCUT2D eigenvalue weighted by Crippen LogP contribution is 2.34. The summed E-state index contributed by atoms with van der Waals surface area (Å²) >= 11 is 9.58. The number of nitrogens with one attached hydrogen (secondary N) is 2. The molecule has 0 unspecified atom stereocenters. The predicted molar refractivity (Wildman–Crippen MR) is 115 cm³/mol. The smallest absolute Gasteiger partial charge is 0.370 e. The monoisotopic (exact) mass is 532 g/mol. The van der Waals surface area contributed by atoms with Gasteiger partial charge in [-0.2, -0.15) is 18.3 Å². The second kappa shape index (κ2) is 9.34. The Morgan fingerprint density at radius 2 is 1.94 bits per heavy atom. The van der Waals surface area contributed by atoms with Gasteiger partial charge in [-0.1, -0.05) is 39.7 Å². The third-order valence-electron chi connectivity index (χ3n) is 5.14. The first-order valence-corrected chi connectivity index (χ1v) is 11.0. The van der Waals surface area contributed by atoms with Crippen LogP contribution in [0.3, 0.4) is 0 Å². The number of ether oxygens (including phenoxy) is 1. The Labute approximate surface area is 194 Å². The summed E-state index contributed by atoms with van der Waals surface area (Å²) in [5.41, 5.74) is -1.06. The molecule has 3 aromatic rings. The first-order chi connectivity index (χ1) is 15.2. The van der Waals surface area contributed by atoms with Crippen molar-refractivity contribution in [2.24, 2.45) is 0 Å². The number of quaternary nitrogens is 1. The number of aromatic nitrogens is 3. The first kappa shape index (κ1) is 23.0. The number of halogens is 5. The summed E-state index contributed by atoms with van der Waals surface area (Å²) in [6.07, 6.45) is -4.73. The number of carbonyl (C=O) groups excluding carboxylic acids is 1. The lowest BCUT2D eigenvalue weighted by Crippen LogP contribution is -3.14. The molecule has 1 fully saturated rings. The maximum absolute atomic E-state index is 13.8. The number of carbonyl (C=O) groups is 1. The topological polar surface area (TPSA) is 73.0 Å². The Hall–Kier alpha value is -2.21. The van der Waals surface area contributed by atoms with Crippen molar-refractivity contribution < 1.29 is 27.6 Å². The van der Waals surface area contributed by atoms with Gasteiger partial charge in [0.1, 0.15) is 18.1 Å². The van der Waals surface area contributed by atoms with Crippen molar-refractivity contribution >= 4 is 39.1 Å². The van der Waals surface area contributed by atoms with Gasteiger partial charge in [-0.05, 0) is 18.2 Å². The number of fused-ring (bicyclic) bond motifs is 1. The minimum Gasteiger partial charge on any atom is -0.370 e. The van der Waals surface area contributed by atoms with Crippen LogP contribution in [0.2, 0.25) is 5.02 Å². The molecular formula is C20H19BrClF3N5O2+. The second-order valence-electron chi connectivity index (χ2n) is 7.30. The normalized spacial score (nSPS) is 15.3. The Kier molecular flexibility index (Phi) is 6.70. The van der Waals surface area contributed by atoms with Crippen LogP contribution < -0.4 is 10.2 Å². The number of morpholine rings is 1.